The van der Waals surface area contributed by atoms with Crippen molar-refractivity contribution in [2.45, 2.75) is 31.7 Å². The topological polar surface area (TPSA) is 122 Å². The fraction of sp³-hybridized carbons (Fsp3) is 0.348. The Morgan fingerprint density at radius 3 is 2.75 bits per heavy atom. The number of aromatic nitrogens is 2. The summed E-state index contributed by atoms with van der Waals surface area (Å²) >= 11 is 7.71. The van der Waals surface area contributed by atoms with Crippen LogP contribution >= 0.6 is 22.9 Å². The number of pyridine rings is 1. The van der Waals surface area contributed by atoms with E-state index in [9.17, 15) is 13.2 Å². The van der Waals surface area contributed by atoms with Gasteiger partial charge in [0.1, 0.15) is 5.82 Å². The van der Waals surface area contributed by atoms with E-state index in [0.717, 1.165) is 34.5 Å². The number of anilines is 2. The van der Waals surface area contributed by atoms with Crippen molar-refractivity contribution in [2.24, 2.45) is 0 Å². The lowest BCUT2D eigenvalue weighted by atomic mass is 10.1. The van der Waals surface area contributed by atoms with Gasteiger partial charge in [0.25, 0.3) is 0 Å². The average molecular weight is 554 g/mol. The van der Waals surface area contributed by atoms with Crippen molar-refractivity contribution < 1.29 is 22.3 Å². The van der Waals surface area contributed by atoms with Crippen LogP contribution in [0, 0.1) is 5.82 Å². The molecule has 13 heteroatoms. The first-order valence-electron chi connectivity index (χ1n) is 11.1. The number of hydrogen-bond acceptors (Lipinski definition) is 8. The summed E-state index contributed by atoms with van der Waals surface area (Å²) in [6.07, 6.45) is 4.07. The molecule has 3 aromatic rings. The van der Waals surface area contributed by atoms with Gasteiger partial charge in [0.05, 0.1) is 34.6 Å². The van der Waals surface area contributed by atoms with Crippen molar-refractivity contribution in [3.63, 3.8) is 0 Å². The summed E-state index contributed by atoms with van der Waals surface area (Å²) in [4.78, 5) is 21.2. The molecule has 1 fully saturated rings. The van der Waals surface area contributed by atoms with Crippen LogP contribution in [0.15, 0.2) is 30.5 Å². The summed E-state index contributed by atoms with van der Waals surface area (Å²) in [7, 11) is -2.42. The van der Waals surface area contributed by atoms with Crippen LogP contribution in [-0.4, -0.2) is 50.4 Å². The first kappa shape index (κ1) is 26.1. The van der Waals surface area contributed by atoms with Gasteiger partial charge >= 0.3 is 6.09 Å². The molecule has 0 aliphatic heterocycles. The molecule has 36 heavy (non-hydrogen) atoms. The molecule has 192 valence electrons. The van der Waals surface area contributed by atoms with Gasteiger partial charge in [-0.25, -0.2) is 27.6 Å². The van der Waals surface area contributed by atoms with E-state index in [-0.39, 0.29) is 22.3 Å². The number of carbonyl (C=O) groups excluding carboxylic acids is 1. The Labute approximate surface area is 217 Å². The third-order valence-electron chi connectivity index (χ3n) is 5.32. The maximum atomic E-state index is 15.5. The molecule has 2 aromatic heterocycles. The fourth-order valence-corrected chi connectivity index (χ4v) is 5.50. The minimum atomic E-state index is -3.72. The third-order valence-corrected chi connectivity index (χ3v) is 7.40. The van der Waals surface area contributed by atoms with Gasteiger partial charge in [-0.05, 0) is 49.6 Å². The maximum Gasteiger partial charge on any atom is 0.407 e. The average Bonchev–Trinajstić information content (AvgIpc) is 3.57. The smallest absolute Gasteiger partial charge is 0.407 e. The molecule has 0 spiro atoms. The van der Waals surface area contributed by atoms with Gasteiger partial charge in [-0.2, -0.15) is 0 Å². The normalized spacial score (nSPS) is 14.2. The molecule has 0 bridgehead atoms. The number of alkyl carbamates (subject to hydrolysis) is 1. The molecule has 0 saturated heterocycles. The summed E-state index contributed by atoms with van der Waals surface area (Å²) in [5.74, 6) is 0.126. The lowest BCUT2D eigenvalue weighted by molar-refractivity contribution is 0.168. The van der Waals surface area contributed by atoms with Crippen molar-refractivity contribution in [1.29, 1.82) is 0 Å². The highest BCUT2D eigenvalue weighted by molar-refractivity contribution is 7.92. The Morgan fingerprint density at radius 1 is 1.33 bits per heavy atom. The predicted octanol–water partition coefficient (Wildman–Crippen LogP) is 5.07. The van der Waals surface area contributed by atoms with Crippen LogP contribution < -0.4 is 15.4 Å². The Kier molecular flexibility index (Phi) is 7.67. The van der Waals surface area contributed by atoms with E-state index in [1.807, 2.05) is 13.0 Å². The molecule has 2 heterocycles. The molecular formula is C23H25ClFN5O4S2. The van der Waals surface area contributed by atoms with Gasteiger partial charge in [-0.3, -0.25) is 4.72 Å². The van der Waals surface area contributed by atoms with Crippen LogP contribution in [0.4, 0.5) is 20.7 Å². The van der Waals surface area contributed by atoms with Crippen LogP contribution in [0.25, 0.3) is 21.7 Å². The highest BCUT2D eigenvalue weighted by atomic mass is 35.5. The zero-order valence-electron chi connectivity index (χ0n) is 19.8. The Balaban J connectivity index is 1.70. The van der Waals surface area contributed by atoms with E-state index < -0.39 is 21.9 Å². The number of halogens is 2. The quantitative estimate of drug-likeness (QED) is 0.338. The van der Waals surface area contributed by atoms with Crippen LogP contribution in [0.5, 0.6) is 0 Å². The number of rotatable bonds is 9. The van der Waals surface area contributed by atoms with Gasteiger partial charge in [-0.15, -0.1) is 11.3 Å². The summed E-state index contributed by atoms with van der Waals surface area (Å²) in [5, 5.41) is 6.90. The third kappa shape index (κ3) is 6.42. The highest BCUT2D eigenvalue weighted by Crippen LogP contribution is 2.48. The number of carbonyl (C=O) groups is 1. The number of hydrogen-bond donors (Lipinski definition) is 3. The monoisotopic (exact) mass is 553 g/mol. The summed E-state index contributed by atoms with van der Waals surface area (Å²) in [5.41, 5.74) is 1.01. The van der Waals surface area contributed by atoms with Crippen LogP contribution in [0.1, 0.15) is 30.7 Å². The number of ether oxygens (including phenoxy) is 1. The number of nitrogens with zero attached hydrogens (tertiary/aromatic N) is 2. The van der Waals surface area contributed by atoms with Gasteiger partial charge < -0.3 is 15.4 Å². The van der Waals surface area contributed by atoms with E-state index >= 15 is 4.39 Å². The maximum absolute atomic E-state index is 15.5. The molecule has 1 aromatic carbocycles. The minimum Gasteiger partial charge on any atom is -0.453 e. The largest absolute Gasteiger partial charge is 0.453 e. The predicted molar refractivity (Wildman–Crippen MR) is 140 cm³/mol. The Hall–Kier alpha value is -2.96. The molecule has 4 rings (SSSR count). The van der Waals surface area contributed by atoms with Crippen LogP contribution in [0.2, 0.25) is 5.02 Å². The molecule has 1 aliphatic carbocycles. The Morgan fingerprint density at radius 2 is 2.08 bits per heavy atom. The SMILES string of the molecule is COC(=O)NC(C)CNc1cc(-c2sc(C3CC3)nc2-c2cc(Cl)cc(NS(C)(=O)=O)c2F)ccn1. The van der Waals surface area contributed by atoms with Crippen molar-refractivity contribution in [2.75, 3.05) is 29.9 Å². The number of nitrogens with one attached hydrogen (secondary N) is 3. The number of methoxy groups -OCH3 is 1. The van der Waals surface area contributed by atoms with Crippen molar-refractivity contribution in [3.05, 3.63) is 46.3 Å². The molecule has 1 unspecified atom stereocenters. The summed E-state index contributed by atoms with van der Waals surface area (Å²) in [6.45, 7) is 2.22. The van der Waals surface area contributed by atoms with E-state index in [1.165, 1.54) is 30.6 Å². The zero-order valence-corrected chi connectivity index (χ0v) is 22.2. The lowest BCUT2D eigenvalue weighted by Gasteiger charge is -2.14. The van der Waals surface area contributed by atoms with Crippen molar-refractivity contribution in [1.82, 2.24) is 15.3 Å². The number of benzene rings is 1. The molecule has 3 N–H and O–H groups in total. The van der Waals surface area contributed by atoms with Crippen LogP contribution in [-0.2, 0) is 14.8 Å². The van der Waals surface area contributed by atoms with Gasteiger partial charge in [0.15, 0.2) is 5.82 Å². The molecule has 9 nitrogen and oxygen atoms in total. The molecule has 0 radical (unpaired) electrons. The molecule has 1 atom stereocenters. The van der Waals surface area contributed by atoms with Gasteiger partial charge in [0.2, 0.25) is 10.0 Å². The van der Waals surface area contributed by atoms with Gasteiger partial charge in [0, 0.05) is 35.3 Å². The van der Waals surface area contributed by atoms with Crippen molar-refractivity contribution in [3.8, 4) is 21.7 Å². The fourth-order valence-electron chi connectivity index (χ4n) is 3.49. The standard InChI is InChI=1S/C23H25ClFN5O4S2/c1-12(28-23(31)34-2)11-27-18-8-14(6-7-26-18)21-20(29-22(35-21)13-4-5-13)16-9-15(24)10-17(19(16)25)30-36(3,32)33/h6-10,12-13,30H,4-5,11H2,1-3H3,(H,26,27)(H,28,31). The van der Waals surface area contributed by atoms with Crippen LogP contribution in [0.3, 0.4) is 0 Å². The van der Waals surface area contributed by atoms with Gasteiger partial charge in [-0.1, -0.05) is 11.6 Å². The second kappa shape index (κ2) is 10.6. The first-order chi connectivity index (χ1) is 17.0. The minimum absolute atomic E-state index is 0.106. The van der Waals surface area contributed by atoms with E-state index in [0.29, 0.717) is 24.0 Å². The van der Waals surface area contributed by atoms with E-state index in [4.69, 9.17) is 16.6 Å². The number of sulfonamides is 1. The molecule has 1 saturated carbocycles. The summed E-state index contributed by atoms with van der Waals surface area (Å²) < 4.78 is 45.8. The second-order valence-corrected chi connectivity index (χ2v) is 11.8. The summed E-state index contributed by atoms with van der Waals surface area (Å²) in [6, 6.07) is 6.07. The highest BCUT2D eigenvalue weighted by Gasteiger charge is 2.30. The molecule has 1 aliphatic rings. The van der Waals surface area contributed by atoms with E-state index in [2.05, 4.69) is 25.1 Å². The first-order valence-corrected chi connectivity index (χ1v) is 14.2. The second-order valence-electron chi connectivity index (χ2n) is 8.54. The number of thiazole rings is 1. The van der Waals surface area contributed by atoms with E-state index in [1.54, 1.807) is 12.3 Å². The lowest BCUT2D eigenvalue weighted by Crippen LogP contribution is -2.37. The Bertz CT molecular complexity index is 1400. The zero-order chi connectivity index (χ0) is 26.0. The molecular weight excluding hydrogens is 529 g/mol. The molecule has 1 amide bonds. The number of amides is 1. The van der Waals surface area contributed by atoms with Crippen molar-refractivity contribution >= 4 is 50.6 Å².